The first kappa shape index (κ1) is 13.8. The van der Waals surface area contributed by atoms with E-state index in [2.05, 4.69) is 62.4 Å². The van der Waals surface area contributed by atoms with E-state index in [0.29, 0.717) is 0 Å². The predicted octanol–water partition coefficient (Wildman–Crippen LogP) is 3.82. The van der Waals surface area contributed by atoms with Crippen molar-refractivity contribution in [3.63, 3.8) is 0 Å². The van der Waals surface area contributed by atoms with Crippen LogP contribution in [-0.4, -0.2) is 16.3 Å². The van der Waals surface area contributed by atoms with Crippen molar-refractivity contribution < 1.29 is 0 Å². The Hall–Kier alpha value is -0.650. The summed E-state index contributed by atoms with van der Waals surface area (Å²) in [6.07, 6.45) is 2.98. The van der Waals surface area contributed by atoms with Crippen molar-refractivity contribution in [2.75, 3.05) is 6.54 Å². The van der Waals surface area contributed by atoms with E-state index < -0.39 is 0 Å². The van der Waals surface area contributed by atoms with Crippen molar-refractivity contribution in [1.82, 2.24) is 15.1 Å². The quantitative estimate of drug-likeness (QED) is 0.874. The zero-order valence-corrected chi connectivity index (χ0v) is 13.1. The summed E-state index contributed by atoms with van der Waals surface area (Å²) in [4.78, 5) is 0. The van der Waals surface area contributed by atoms with Crippen LogP contribution >= 0.6 is 27.3 Å². The minimum Gasteiger partial charge on any atom is -0.305 e. The zero-order valence-electron chi connectivity index (χ0n) is 10.7. The van der Waals surface area contributed by atoms with Crippen LogP contribution in [0.15, 0.2) is 27.5 Å². The van der Waals surface area contributed by atoms with E-state index in [1.165, 1.54) is 15.0 Å². The lowest BCUT2D eigenvalue weighted by atomic mass is 10.1. The van der Waals surface area contributed by atoms with Crippen molar-refractivity contribution in [3.05, 3.63) is 38.8 Å². The Labute approximate surface area is 120 Å². The molecule has 1 unspecified atom stereocenters. The summed E-state index contributed by atoms with van der Waals surface area (Å²) in [7, 11) is 0. The SMILES string of the molecule is CCCn1nccc1C(NCC)c1csc(Br)c1. The van der Waals surface area contributed by atoms with Crippen molar-refractivity contribution in [2.24, 2.45) is 0 Å². The number of nitrogens with zero attached hydrogens (tertiary/aromatic N) is 2. The Morgan fingerprint density at radius 1 is 1.50 bits per heavy atom. The molecule has 2 heterocycles. The number of rotatable bonds is 6. The van der Waals surface area contributed by atoms with Crippen molar-refractivity contribution in [2.45, 2.75) is 32.9 Å². The molecule has 0 saturated heterocycles. The van der Waals surface area contributed by atoms with E-state index in [-0.39, 0.29) is 6.04 Å². The van der Waals surface area contributed by atoms with Crippen LogP contribution in [0.4, 0.5) is 0 Å². The van der Waals surface area contributed by atoms with Gasteiger partial charge in [-0.2, -0.15) is 5.10 Å². The number of aryl methyl sites for hydroxylation is 1. The summed E-state index contributed by atoms with van der Waals surface area (Å²) in [6, 6.07) is 4.52. The van der Waals surface area contributed by atoms with Gasteiger partial charge in [0.1, 0.15) is 0 Å². The Kier molecular flexibility index (Phi) is 4.97. The fourth-order valence-corrected chi connectivity index (χ4v) is 3.26. The van der Waals surface area contributed by atoms with Crippen LogP contribution in [-0.2, 0) is 6.54 Å². The normalized spacial score (nSPS) is 12.8. The molecule has 0 aliphatic heterocycles. The molecule has 2 aromatic heterocycles. The smallest absolute Gasteiger partial charge is 0.0756 e. The number of hydrogen-bond donors (Lipinski definition) is 1. The molecule has 0 amide bonds. The van der Waals surface area contributed by atoms with Crippen molar-refractivity contribution >= 4 is 27.3 Å². The third kappa shape index (κ3) is 3.02. The van der Waals surface area contributed by atoms with Gasteiger partial charge < -0.3 is 5.32 Å². The Balaban J connectivity index is 2.31. The molecule has 3 nitrogen and oxygen atoms in total. The highest BCUT2D eigenvalue weighted by molar-refractivity contribution is 9.11. The molecule has 0 radical (unpaired) electrons. The summed E-state index contributed by atoms with van der Waals surface area (Å²) >= 11 is 5.25. The first-order chi connectivity index (χ1) is 8.76. The minimum absolute atomic E-state index is 0.228. The molecule has 0 aliphatic rings. The molecule has 0 fully saturated rings. The van der Waals surface area contributed by atoms with Gasteiger partial charge in [0.15, 0.2) is 0 Å². The molecule has 1 N–H and O–H groups in total. The summed E-state index contributed by atoms with van der Waals surface area (Å²) in [6.45, 7) is 6.22. The fourth-order valence-electron chi connectivity index (χ4n) is 2.06. The maximum Gasteiger partial charge on any atom is 0.0756 e. The predicted molar refractivity (Wildman–Crippen MR) is 80.1 cm³/mol. The number of halogens is 1. The van der Waals surface area contributed by atoms with E-state index in [9.17, 15) is 0 Å². The first-order valence-electron chi connectivity index (χ1n) is 6.25. The van der Waals surface area contributed by atoms with Crippen LogP contribution in [0.2, 0.25) is 0 Å². The molecule has 18 heavy (non-hydrogen) atoms. The average molecular weight is 328 g/mol. The second-order valence-corrected chi connectivity index (χ2v) is 6.44. The summed E-state index contributed by atoms with van der Waals surface area (Å²) < 4.78 is 3.26. The van der Waals surface area contributed by atoms with Crippen LogP contribution in [0.25, 0.3) is 0 Å². The molecule has 2 rings (SSSR count). The molecule has 2 aromatic rings. The lowest BCUT2D eigenvalue weighted by Gasteiger charge is -2.18. The Morgan fingerprint density at radius 2 is 2.33 bits per heavy atom. The van der Waals surface area contributed by atoms with Gasteiger partial charge in [-0.15, -0.1) is 11.3 Å². The highest BCUT2D eigenvalue weighted by atomic mass is 79.9. The van der Waals surface area contributed by atoms with Crippen LogP contribution in [0, 0.1) is 0 Å². The number of nitrogens with one attached hydrogen (secondary N) is 1. The van der Waals surface area contributed by atoms with Gasteiger partial charge in [-0.25, -0.2) is 0 Å². The zero-order chi connectivity index (χ0) is 13.0. The monoisotopic (exact) mass is 327 g/mol. The Bertz CT molecular complexity index is 492. The van der Waals surface area contributed by atoms with E-state index in [1.807, 2.05) is 6.20 Å². The van der Waals surface area contributed by atoms with E-state index in [0.717, 1.165) is 19.5 Å². The van der Waals surface area contributed by atoms with Gasteiger partial charge in [-0.05, 0) is 52.0 Å². The van der Waals surface area contributed by atoms with E-state index >= 15 is 0 Å². The molecule has 0 saturated carbocycles. The molecule has 98 valence electrons. The Morgan fingerprint density at radius 3 is 2.94 bits per heavy atom. The van der Waals surface area contributed by atoms with Gasteiger partial charge in [-0.3, -0.25) is 4.68 Å². The molecule has 0 spiro atoms. The first-order valence-corrected chi connectivity index (χ1v) is 7.92. The highest BCUT2D eigenvalue weighted by Crippen LogP contribution is 2.29. The van der Waals surface area contributed by atoms with Gasteiger partial charge >= 0.3 is 0 Å². The summed E-state index contributed by atoms with van der Waals surface area (Å²) in [5, 5.41) is 10.1. The molecular formula is C13H18BrN3S. The van der Waals surface area contributed by atoms with Crippen molar-refractivity contribution in [3.8, 4) is 0 Å². The van der Waals surface area contributed by atoms with E-state index in [4.69, 9.17) is 0 Å². The van der Waals surface area contributed by atoms with Gasteiger partial charge in [0.05, 0.1) is 15.5 Å². The fraction of sp³-hybridized carbons (Fsp3) is 0.462. The van der Waals surface area contributed by atoms with E-state index in [1.54, 1.807) is 11.3 Å². The van der Waals surface area contributed by atoms with Crippen molar-refractivity contribution in [1.29, 1.82) is 0 Å². The minimum atomic E-state index is 0.228. The maximum absolute atomic E-state index is 4.41. The lowest BCUT2D eigenvalue weighted by Crippen LogP contribution is -2.24. The number of thiophene rings is 1. The lowest BCUT2D eigenvalue weighted by molar-refractivity contribution is 0.521. The van der Waals surface area contributed by atoms with Gasteiger partial charge in [0.2, 0.25) is 0 Å². The second kappa shape index (κ2) is 6.50. The van der Waals surface area contributed by atoms with Crippen LogP contribution in [0.1, 0.15) is 37.6 Å². The maximum atomic E-state index is 4.41. The van der Waals surface area contributed by atoms with Crippen LogP contribution in [0.5, 0.6) is 0 Å². The topological polar surface area (TPSA) is 29.9 Å². The molecule has 0 aromatic carbocycles. The number of hydrogen-bond acceptors (Lipinski definition) is 3. The molecule has 0 aliphatic carbocycles. The highest BCUT2D eigenvalue weighted by Gasteiger charge is 2.18. The third-order valence-corrected chi connectivity index (χ3v) is 4.33. The largest absolute Gasteiger partial charge is 0.305 e. The summed E-state index contributed by atoms with van der Waals surface area (Å²) in [5.74, 6) is 0. The molecule has 1 atom stereocenters. The molecular weight excluding hydrogens is 310 g/mol. The standard InChI is InChI=1S/C13H18BrN3S/c1-3-7-17-11(5-6-16-17)13(15-4-2)10-8-12(14)18-9-10/h5-6,8-9,13,15H,3-4,7H2,1-2H3. The molecule has 5 heteroatoms. The van der Waals surface area contributed by atoms with Crippen LogP contribution < -0.4 is 5.32 Å². The second-order valence-electron chi connectivity index (χ2n) is 4.15. The van der Waals surface area contributed by atoms with Gasteiger partial charge in [-0.1, -0.05) is 13.8 Å². The average Bonchev–Trinajstić information content (AvgIpc) is 2.96. The molecule has 0 bridgehead atoms. The third-order valence-electron chi connectivity index (χ3n) is 2.81. The van der Waals surface area contributed by atoms with Gasteiger partial charge in [0.25, 0.3) is 0 Å². The van der Waals surface area contributed by atoms with Crippen LogP contribution in [0.3, 0.4) is 0 Å². The summed E-state index contributed by atoms with van der Waals surface area (Å²) in [5.41, 5.74) is 2.54. The van der Waals surface area contributed by atoms with Gasteiger partial charge in [0, 0.05) is 12.7 Å². The number of aromatic nitrogens is 2.